The Kier molecular flexibility index (Phi) is 12.5. The summed E-state index contributed by atoms with van der Waals surface area (Å²) in [7, 11) is 0. The molecule has 0 saturated heterocycles. The molecule has 16 heavy (non-hydrogen) atoms. The molecule has 96 valence electrons. The Morgan fingerprint density at radius 3 is 2.44 bits per heavy atom. The van der Waals surface area contributed by atoms with Crippen LogP contribution < -0.4 is 0 Å². The number of hydrogen-bond acceptors (Lipinski definition) is 2. The van der Waals surface area contributed by atoms with Crippen molar-refractivity contribution >= 4 is 0 Å². The van der Waals surface area contributed by atoms with E-state index >= 15 is 0 Å². The molecular weight excluding hydrogens is 200 g/mol. The molecule has 0 spiro atoms. The van der Waals surface area contributed by atoms with Crippen LogP contribution in [-0.4, -0.2) is 19.5 Å². The van der Waals surface area contributed by atoms with Gasteiger partial charge in [-0.1, -0.05) is 38.8 Å². The molecule has 0 aliphatic carbocycles. The first-order valence-electron chi connectivity index (χ1n) is 6.73. The van der Waals surface area contributed by atoms with E-state index < -0.39 is 0 Å². The Hall–Kier alpha value is -0.340. The second kappa shape index (κ2) is 12.7. The quantitative estimate of drug-likeness (QED) is 0.298. The first-order valence-corrected chi connectivity index (χ1v) is 6.73. The summed E-state index contributed by atoms with van der Waals surface area (Å²) in [6.07, 6.45) is 11.2. The maximum Gasteiger partial charge on any atom is 0.157 e. The first kappa shape index (κ1) is 15.7. The summed E-state index contributed by atoms with van der Waals surface area (Å²) in [4.78, 5) is 0. The van der Waals surface area contributed by atoms with Crippen LogP contribution in [0, 0.1) is 0 Å². The van der Waals surface area contributed by atoms with Gasteiger partial charge in [-0.25, -0.2) is 0 Å². The molecular formula is C14H28O2. The number of rotatable bonds is 11. The highest BCUT2D eigenvalue weighted by molar-refractivity contribution is 4.79. The summed E-state index contributed by atoms with van der Waals surface area (Å²) in [6.45, 7) is 7.89. The van der Waals surface area contributed by atoms with Crippen molar-refractivity contribution < 1.29 is 9.47 Å². The maximum atomic E-state index is 5.70. The van der Waals surface area contributed by atoms with Crippen LogP contribution in [0.5, 0.6) is 0 Å². The van der Waals surface area contributed by atoms with Crippen LogP contribution in [0.1, 0.15) is 59.3 Å². The Labute approximate surface area is 101 Å². The van der Waals surface area contributed by atoms with Gasteiger partial charge in [0.1, 0.15) is 0 Å². The minimum absolute atomic E-state index is 0.00609. The van der Waals surface area contributed by atoms with Crippen LogP contribution >= 0.6 is 0 Å². The molecule has 0 rings (SSSR count). The fourth-order valence-corrected chi connectivity index (χ4v) is 1.51. The van der Waals surface area contributed by atoms with Crippen LogP contribution in [0.25, 0.3) is 0 Å². The van der Waals surface area contributed by atoms with E-state index in [4.69, 9.17) is 9.47 Å². The van der Waals surface area contributed by atoms with Gasteiger partial charge in [0.05, 0.1) is 6.61 Å². The Balaban J connectivity index is 3.54. The van der Waals surface area contributed by atoms with Gasteiger partial charge in [-0.2, -0.15) is 0 Å². The highest BCUT2D eigenvalue weighted by atomic mass is 16.7. The van der Waals surface area contributed by atoms with Crippen LogP contribution in [0.15, 0.2) is 12.2 Å². The Bertz CT molecular complexity index is 155. The zero-order valence-corrected chi connectivity index (χ0v) is 11.2. The van der Waals surface area contributed by atoms with Crippen LogP contribution in [0.2, 0.25) is 0 Å². The van der Waals surface area contributed by atoms with Crippen molar-refractivity contribution in [2.24, 2.45) is 0 Å². The van der Waals surface area contributed by atoms with Crippen molar-refractivity contribution in [1.82, 2.24) is 0 Å². The van der Waals surface area contributed by atoms with Crippen molar-refractivity contribution in [3.8, 4) is 0 Å². The van der Waals surface area contributed by atoms with Gasteiger partial charge in [0.15, 0.2) is 6.29 Å². The summed E-state index contributed by atoms with van der Waals surface area (Å²) in [6, 6.07) is 0. The molecule has 0 aliphatic rings. The molecule has 0 amide bonds. The Morgan fingerprint density at radius 2 is 1.81 bits per heavy atom. The lowest BCUT2D eigenvalue weighted by Gasteiger charge is -2.17. The first-order chi connectivity index (χ1) is 7.85. The van der Waals surface area contributed by atoms with Gasteiger partial charge in [-0.3, -0.25) is 0 Å². The van der Waals surface area contributed by atoms with Crippen molar-refractivity contribution in [1.29, 1.82) is 0 Å². The molecule has 0 aromatic rings. The van der Waals surface area contributed by atoms with E-state index in [1.54, 1.807) is 0 Å². The van der Waals surface area contributed by atoms with E-state index in [2.05, 4.69) is 26.0 Å². The molecule has 0 bridgehead atoms. The van der Waals surface area contributed by atoms with Gasteiger partial charge in [0.2, 0.25) is 0 Å². The summed E-state index contributed by atoms with van der Waals surface area (Å²) in [5.41, 5.74) is 0. The summed E-state index contributed by atoms with van der Waals surface area (Å²) >= 11 is 0. The highest BCUT2D eigenvalue weighted by Crippen LogP contribution is 2.08. The zero-order chi connectivity index (χ0) is 12.1. The van der Waals surface area contributed by atoms with Crippen molar-refractivity contribution in [3.63, 3.8) is 0 Å². The lowest BCUT2D eigenvalue weighted by molar-refractivity contribution is -0.142. The summed E-state index contributed by atoms with van der Waals surface area (Å²) < 4.78 is 11.3. The fraction of sp³-hybridized carbons (Fsp3) is 0.857. The maximum absolute atomic E-state index is 5.70. The molecule has 0 saturated carbocycles. The summed E-state index contributed by atoms with van der Waals surface area (Å²) in [5.74, 6) is 0. The number of ether oxygens (including phenoxy) is 2. The molecule has 0 aromatic heterocycles. The molecule has 2 heteroatoms. The fourth-order valence-electron chi connectivity index (χ4n) is 1.51. The lowest BCUT2D eigenvalue weighted by atomic mass is 10.2. The van der Waals surface area contributed by atoms with Crippen LogP contribution in [-0.2, 0) is 9.47 Å². The summed E-state index contributed by atoms with van der Waals surface area (Å²) in [5, 5.41) is 0. The van der Waals surface area contributed by atoms with E-state index in [0.29, 0.717) is 0 Å². The minimum atomic E-state index is 0.00609. The molecule has 1 atom stereocenters. The van der Waals surface area contributed by atoms with Gasteiger partial charge < -0.3 is 9.47 Å². The van der Waals surface area contributed by atoms with Crippen molar-refractivity contribution in [2.45, 2.75) is 65.6 Å². The molecule has 2 nitrogen and oxygen atoms in total. The number of hydrogen-bond donors (Lipinski definition) is 0. The Morgan fingerprint density at radius 1 is 1.00 bits per heavy atom. The predicted octanol–water partition coefficient (Wildman–Crippen LogP) is 4.30. The zero-order valence-electron chi connectivity index (χ0n) is 11.2. The third-order valence-electron chi connectivity index (χ3n) is 2.39. The molecule has 0 N–H and O–H groups in total. The molecule has 0 fully saturated rings. The van der Waals surface area contributed by atoms with Gasteiger partial charge in [-0.15, -0.1) is 0 Å². The average Bonchev–Trinajstić information content (AvgIpc) is 2.29. The minimum Gasteiger partial charge on any atom is -0.353 e. The SMILES string of the molecule is CC/C=C\CCOC(CCCCC)OCC. The second-order valence-corrected chi connectivity index (χ2v) is 3.92. The van der Waals surface area contributed by atoms with Gasteiger partial charge in [0, 0.05) is 6.61 Å². The molecule has 1 unspecified atom stereocenters. The van der Waals surface area contributed by atoms with Crippen molar-refractivity contribution in [2.75, 3.05) is 13.2 Å². The van der Waals surface area contributed by atoms with Crippen molar-refractivity contribution in [3.05, 3.63) is 12.2 Å². The smallest absolute Gasteiger partial charge is 0.157 e. The highest BCUT2D eigenvalue weighted by Gasteiger charge is 2.06. The van der Waals surface area contributed by atoms with Gasteiger partial charge >= 0.3 is 0 Å². The topological polar surface area (TPSA) is 18.5 Å². The standard InChI is InChI=1S/C14H28O2/c1-4-7-9-11-13-16-14(15-6-3)12-10-8-5-2/h7,9,14H,4-6,8,10-13H2,1-3H3/b9-7-. The second-order valence-electron chi connectivity index (χ2n) is 3.92. The molecule has 0 aromatic carbocycles. The predicted molar refractivity (Wildman–Crippen MR) is 69.6 cm³/mol. The average molecular weight is 228 g/mol. The van der Waals surface area contributed by atoms with E-state index in [1.165, 1.54) is 19.3 Å². The van der Waals surface area contributed by atoms with E-state index in [9.17, 15) is 0 Å². The molecule has 0 aliphatic heterocycles. The molecule has 0 radical (unpaired) electrons. The van der Waals surface area contributed by atoms with E-state index in [1.807, 2.05) is 6.92 Å². The number of allylic oxidation sites excluding steroid dienone is 1. The van der Waals surface area contributed by atoms with E-state index in [0.717, 1.165) is 32.5 Å². The number of unbranched alkanes of at least 4 members (excludes halogenated alkanes) is 2. The largest absolute Gasteiger partial charge is 0.353 e. The van der Waals surface area contributed by atoms with Crippen LogP contribution in [0.4, 0.5) is 0 Å². The lowest BCUT2D eigenvalue weighted by Crippen LogP contribution is -2.17. The van der Waals surface area contributed by atoms with Crippen LogP contribution in [0.3, 0.4) is 0 Å². The van der Waals surface area contributed by atoms with Gasteiger partial charge in [0.25, 0.3) is 0 Å². The third kappa shape index (κ3) is 10.2. The normalized spacial score (nSPS) is 13.4. The molecule has 0 heterocycles. The third-order valence-corrected chi connectivity index (χ3v) is 2.39. The monoisotopic (exact) mass is 228 g/mol. The van der Waals surface area contributed by atoms with Gasteiger partial charge in [-0.05, 0) is 32.6 Å². The van der Waals surface area contributed by atoms with E-state index in [-0.39, 0.29) is 6.29 Å².